The normalized spacial score (nSPS) is 19.1. The molecular formula is C31H37FN4O. The molecule has 3 aromatic rings. The average molecular weight is 501 g/mol. The second-order valence-corrected chi connectivity index (χ2v) is 10.9. The van der Waals surface area contributed by atoms with Crippen molar-refractivity contribution in [1.82, 2.24) is 15.3 Å². The Morgan fingerprint density at radius 2 is 1.84 bits per heavy atom. The van der Waals surface area contributed by atoms with Crippen molar-refractivity contribution in [3.63, 3.8) is 0 Å². The molecule has 5 rings (SSSR count). The zero-order valence-electron chi connectivity index (χ0n) is 21.8. The summed E-state index contributed by atoms with van der Waals surface area (Å²) >= 11 is 0. The molecule has 1 atom stereocenters. The van der Waals surface area contributed by atoms with Crippen molar-refractivity contribution in [2.75, 3.05) is 24.5 Å². The highest BCUT2D eigenvalue weighted by Crippen LogP contribution is 2.44. The zero-order valence-corrected chi connectivity index (χ0v) is 21.8. The highest BCUT2D eigenvalue weighted by atomic mass is 19.1. The fourth-order valence-electron chi connectivity index (χ4n) is 6.06. The van der Waals surface area contributed by atoms with E-state index in [9.17, 15) is 9.18 Å². The lowest BCUT2D eigenvalue weighted by Crippen LogP contribution is -2.36. The van der Waals surface area contributed by atoms with Gasteiger partial charge in [-0.25, -0.2) is 14.4 Å². The van der Waals surface area contributed by atoms with Crippen LogP contribution in [-0.2, 0) is 18.3 Å². The molecule has 37 heavy (non-hydrogen) atoms. The Morgan fingerprint density at radius 1 is 1.08 bits per heavy atom. The maximum atomic E-state index is 13.7. The number of amides is 1. The van der Waals surface area contributed by atoms with Crippen LogP contribution in [0.2, 0.25) is 0 Å². The van der Waals surface area contributed by atoms with Crippen LogP contribution in [0.15, 0.2) is 60.8 Å². The summed E-state index contributed by atoms with van der Waals surface area (Å²) in [6.07, 6.45) is 9.75. The van der Waals surface area contributed by atoms with Gasteiger partial charge < -0.3 is 10.2 Å². The molecule has 2 aromatic carbocycles. The van der Waals surface area contributed by atoms with Crippen molar-refractivity contribution in [2.24, 2.45) is 5.92 Å². The molecule has 0 radical (unpaired) electrons. The Balaban J connectivity index is 1.43. The van der Waals surface area contributed by atoms with Gasteiger partial charge in [-0.1, -0.05) is 62.2 Å². The molecule has 6 heteroatoms. The predicted molar refractivity (Wildman–Crippen MR) is 145 cm³/mol. The number of nitrogens with one attached hydrogen (secondary N) is 1. The van der Waals surface area contributed by atoms with E-state index in [1.807, 2.05) is 30.3 Å². The monoisotopic (exact) mass is 500 g/mol. The molecule has 2 fully saturated rings. The van der Waals surface area contributed by atoms with Crippen LogP contribution in [-0.4, -0.2) is 35.5 Å². The van der Waals surface area contributed by atoms with Crippen LogP contribution in [0.4, 0.5) is 10.3 Å². The minimum absolute atomic E-state index is 0.128. The number of carbonyl (C=O) groups is 1. The zero-order chi connectivity index (χ0) is 25.7. The highest BCUT2D eigenvalue weighted by molar-refractivity contribution is 5.95. The average Bonchev–Trinajstić information content (AvgIpc) is 3.39. The third-order valence-electron chi connectivity index (χ3n) is 8.10. The van der Waals surface area contributed by atoms with Crippen molar-refractivity contribution in [2.45, 2.75) is 63.7 Å². The third kappa shape index (κ3) is 6.00. The molecule has 1 amide bonds. The van der Waals surface area contributed by atoms with Crippen LogP contribution >= 0.6 is 0 Å². The van der Waals surface area contributed by atoms with Gasteiger partial charge in [0.15, 0.2) is 0 Å². The van der Waals surface area contributed by atoms with Crippen molar-refractivity contribution in [3.8, 4) is 0 Å². The van der Waals surface area contributed by atoms with Crippen LogP contribution in [0.1, 0.15) is 72.6 Å². The molecule has 1 aromatic heterocycles. The maximum absolute atomic E-state index is 13.7. The van der Waals surface area contributed by atoms with Crippen molar-refractivity contribution in [3.05, 3.63) is 89.0 Å². The molecule has 1 aliphatic heterocycles. The molecule has 194 valence electrons. The first-order valence-electron chi connectivity index (χ1n) is 13.7. The van der Waals surface area contributed by atoms with Crippen LogP contribution < -0.4 is 10.2 Å². The van der Waals surface area contributed by atoms with Gasteiger partial charge >= 0.3 is 0 Å². The number of carbonyl (C=O) groups excluding carboxylic acids is 1. The number of aromatic nitrogens is 2. The number of hydrogen-bond acceptors (Lipinski definition) is 4. The molecule has 1 aliphatic carbocycles. The minimum Gasteiger partial charge on any atom is -0.352 e. The van der Waals surface area contributed by atoms with Crippen LogP contribution in [0.3, 0.4) is 0 Å². The first kappa shape index (κ1) is 25.4. The van der Waals surface area contributed by atoms with Gasteiger partial charge in [0.2, 0.25) is 5.95 Å². The summed E-state index contributed by atoms with van der Waals surface area (Å²) in [6, 6.07) is 17.1. The van der Waals surface area contributed by atoms with Gasteiger partial charge in [-0.2, -0.15) is 0 Å². The topological polar surface area (TPSA) is 58.1 Å². The van der Waals surface area contributed by atoms with Crippen molar-refractivity contribution < 1.29 is 9.18 Å². The number of nitrogens with zero attached hydrogens (tertiary/aromatic N) is 3. The summed E-state index contributed by atoms with van der Waals surface area (Å²) in [5, 5.41) is 3.10. The highest BCUT2D eigenvalue weighted by Gasteiger charge is 2.37. The first-order chi connectivity index (χ1) is 18.0. The van der Waals surface area contributed by atoms with E-state index in [-0.39, 0.29) is 17.1 Å². The quantitative estimate of drug-likeness (QED) is 0.420. The number of anilines is 1. The molecule has 2 heterocycles. The largest absolute Gasteiger partial charge is 0.352 e. The molecule has 2 aliphatic rings. The Labute approximate surface area is 219 Å². The maximum Gasteiger partial charge on any atom is 0.254 e. The molecule has 1 unspecified atom stereocenters. The summed E-state index contributed by atoms with van der Waals surface area (Å²) in [5.41, 5.74) is 3.53. The molecule has 0 bridgehead atoms. The third-order valence-corrected chi connectivity index (χ3v) is 8.10. The van der Waals surface area contributed by atoms with Gasteiger partial charge in [0.25, 0.3) is 5.91 Å². The standard InChI is InChI=1S/C31H37FN4O/c1-23-8-7-19-36(22-23)30-34-21-27(29(37)33-18-15-24-9-3-2-4-10-24)28(35-30)20-31(16-5-6-17-31)25-11-13-26(32)14-12-25/h2-4,9-14,21,23H,5-8,15-20,22H2,1H3,(H,33,37). The van der Waals surface area contributed by atoms with Crippen molar-refractivity contribution in [1.29, 1.82) is 0 Å². The van der Waals surface area contributed by atoms with E-state index in [0.29, 0.717) is 24.4 Å². The van der Waals surface area contributed by atoms with E-state index in [0.717, 1.165) is 68.8 Å². The lowest BCUT2D eigenvalue weighted by molar-refractivity contribution is 0.0952. The van der Waals surface area contributed by atoms with Gasteiger partial charge in [0.05, 0.1) is 11.3 Å². The van der Waals surface area contributed by atoms with Gasteiger partial charge in [-0.3, -0.25) is 4.79 Å². The van der Waals surface area contributed by atoms with E-state index in [4.69, 9.17) is 4.98 Å². The fraction of sp³-hybridized carbons (Fsp3) is 0.452. The van der Waals surface area contributed by atoms with Gasteiger partial charge in [0.1, 0.15) is 5.82 Å². The summed E-state index contributed by atoms with van der Waals surface area (Å²) in [4.78, 5) is 25.4. The van der Waals surface area contributed by atoms with Crippen LogP contribution in [0.25, 0.3) is 0 Å². The molecule has 5 nitrogen and oxygen atoms in total. The number of hydrogen-bond donors (Lipinski definition) is 1. The number of rotatable bonds is 8. The SMILES string of the molecule is CC1CCCN(c2ncc(C(=O)NCCc3ccccc3)c(CC3(c4ccc(F)cc4)CCCC3)n2)C1. The van der Waals surface area contributed by atoms with Crippen LogP contribution in [0.5, 0.6) is 0 Å². The Hall–Kier alpha value is -3.28. The van der Waals surface area contributed by atoms with Gasteiger partial charge in [-0.15, -0.1) is 0 Å². The summed E-state index contributed by atoms with van der Waals surface area (Å²) in [6.45, 7) is 4.70. The number of benzene rings is 2. The first-order valence-corrected chi connectivity index (χ1v) is 13.7. The molecule has 0 spiro atoms. The second-order valence-electron chi connectivity index (χ2n) is 10.9. The number of piperidine rings is 1. The smallest absolute Gasteiger partial charge is 0.254 e. The molecular weight excluding hydrogens is 463 g/mol. The molecule has 1 saturated carbocycles. The summed E-state index contributed by atoms with van der Waals surface area (Å²) in [5.74, 6) is 0.965. The van der Waals surface area contributed by atoms with E-state index in [2.05, 4.69) is 34.3 Å². The molecule has 1 N–H and O–H groups in total. The number of halogens is 1. The minimum atomic E-state index is -0.223. The van der Waals surface area contributed by atoms with Gasteiger partial charge in [0, 0.05) is 37.7 Å². The molecule has 1 saturated heterocycles. The lowest BCUT2D eigenvalue weighted by Gasteiger charge is -2.33. The predicted octanol–water partition coefficient (Wildman–Crippen LogP) is 5.88. The van der Waals surface area contributed by atoms with Crippen molar-refractivity contribution >= 4 is 11.9 Å². The Kier molecular flexibility index (Phi) is 7.82. The Morgan fingerprint density at radius 3 is 2.57 bits per heavy atom. The van der Waals surface area contributed by atoms with E-state index < -0.39 is 0 Å². The van der Waals surface area contributed by atoms with E-state index in [1.165, 1.54) is 12.0 Å². The second kappa shape index (κ2) is 11.4. The fourth-order valence-corrected chi connectivity index (χ4v) is 6.06. The summed E-state index contributed by atoms with van der Waals surface area (Å²) < 4.78 is 13.7. The van der Waals surface area contributed by atoms with Crippen LogP contribution in [0, 0.1) is 11.7 Å². The van der Waals surface area contributed by atoms with Gasteiger partial charge in [-0.05, 0) is 61.3 Å². The van der Waals surface area contributed by atoms with E-state index >= 15 is 0 Å². The Bertz CT molecular complexity index is 1190. The van der Waals surface area contributed by atoms with E-state index in [1.54, 1.807) is 18.3 Å². The summed E-state index contributed by atoms with van der Waals surface area (Å²) in [7, 11) is 0. The lowest BCUT2D eigenvalue weighted by atomic mass is 9.74.